The zero-order chi connectivity index (χ0) is 13.2. The molecule has 18 heavy (non-hydrogen) atoms. The van der Waals surface area contributed by atoms with E-state index in [4.69, 9.17) is 4.74 Å². The molecule has 1 saturated heterocycles. The Bertz CT molecular complexity index is 375. The van der Waals surface area contributed by atoms with Gasteiger partial charge < -0.3 is 10.1 Å². The van der Waals surface area contributed by atoms with E-state index < -0.39 is 0 Å². The molecule has 0 radical (unpaired) electrons. The van der Waals surface area contributed by atoms with Gasteiger partial charge in [-0.2, -0.15) is 5.10 Å². The molecule has 2 atom stereocenters. The Balaban J connectivity index is 1.89. The molecule has 0 saturated carbocycles. The third-order valence-electron chi connectivity index (χ3n) is 3.73. The molecule has 2 heterocycles. The molecule has 0 amide bonds. The third kappa shape index (κ3) is 3.48. The SMILES string of the molecule is C[C@@H](Nc1cnn(C[C@@H]2CCCO2)c1)C(C)(C)C. The summed E-state index contributed by atoms with van der Waals surface area (Å²) in [6, 6.07) is 0.415. The second kappa shape index (κ2) is 5.31. The summed E-state index contributed by atoms with van der Waals surface area (Å²) >= 11 is 0. The summed E-state index contributed by atoms with van der Waals surface area (Å²) in [5, 5.41) is 7.89. The summed E-state index contributed by atoms with van der Waals surface area (Å²) in [7, 11) is 0. The fourth-order valence-electron chi connectivity index (χ4n) is 2.00. The first-order chi connectivity index (χ1) is 8.45. The Kier molecular flexibility index (Phi) is 3.95. The van der Waals surface area contributed by atoms with Crippen molar-refractivity contribution in [2.45, 2.75) is 59.2 Å². The Hall–Kier alpha value is -1.03. The van der Waals surface area contributed by atoms with E-state index in [0.717, 1.165) is 25.3 Å². The molecule has 0 spiro atoms. The number of hydrogen-bond acceptors (Lipinski definition) is 3. The summed E-state index contributed by atoms with van der Waals surface area (Å²) in [5.41, 5.74) is 1.34. The van der Waals surface area contributed by atoms with Gasteiger partial charge in [-0.1, -0.05) is 20.8 Å². The van der Waals surface area contributed by atoms with Gasteiger partial charge in [0, 0.05) is 18.8 Å². The zero-order valence-corrected chi connectivity index (χ0v) is 11.9. The summed E-state index contributed by atoms with van der Waals surface area (Å²) in [4.78, 5) is 0. The van der Waals surface area contributed by atoms with Crippen LogP contribution in [0.4, 0.5) is 5.69 Å². The summed E-state index contributed by atoms with van der Waals surface area (Å²) in [6.07, 6.45) is 6.65. The number of hydrogen-bond donors (Lipinski definition) is 1. The molecular weight excluding hydrogens is 226 g/mol. The van der Waals surface area contributed by atoms with Crippen LogP contribution in [0.1, 0.15) is 40.5 Å². The van der Waals surface area contributed by atoms with Crippen LogP contribution in [0.25, 0.3) is 0 Å². The van der Waals surface area contributed by atoms with E-state index in [0.29, 0.717) is 12.1 Å². The number of aromatic nitrogens is 2. The van der Waals surface area contributed by atoms with E-state index in [1.54, 1.807) is 0 Å². The highest BCUT2D eigenvalue weighted by Gasteiger charge is 2.20. The molecule has 0 aliphatic carbocycles. The van der Waals surface area contributed by atoms with E-state index in [2.05, 4.69) is 44.3 Å². The van der Waals surface area contributed by atoms with Crippen LogP contribution in [0.15, 0.2) is 12.4 Å². The molecule has 1 N–H and O–H groups in total. The van der Waals surface area contributed by atoms with Crippen molar-refractivity contribution in [2.24, 2.45) is 5.41 Å². The van der Waals surface area contributed by atoms with Gasteiger partial charge >= 0.3 is 0 Å². The maximum absolute atomic E-state index is 5.62. The van der Waals surface area contributed by atoms with Crippen LogP contribution < -0.4 is 5.32 Å². The van der Waals surface area contributed by atoms with Crippen LogP contribution in [0, 0.1) is 5.41 Å². The highest BCUT2D eigenvalue weighted by Crippen LogP contribution is 2.22. The summed E-state index contributed by atoms with van der Waals surface area (Å²) in [5.74, 6) is 0. The van der Waals surface area contributed by atoms with Gasteiger partial charge in [0.2, 0.25) is 0 Å². The maximum Gasteiger partial charge on any atom is 0.0771 e. The van der Waals surface area contributed by atoms with Gasteiger partial charge in [0.25, 0.3) is 0 Å². The van der Waals surface area contributed by atoms with Gasteiger partial charge in [0.15, 0.2) is 0 Å². The lowest BCUT2D eigenvalue weighted by atomic mass is 9.88. The first-order valence-electron chi connectivity index (χ1n) is 6.86. The number of nitrogens with zero attached hydrogens (tertiary/aromatic N) is 2. The van der Waals surface area contributed by atoms with E-state index in [9.17, 15) is 0 Å². The smallest absolute Gasteiger partial charge is 0.0771 e. The minimum atomic E-state index is 0.247. The fourth-order valence-corrected chi connectivity index (χ4v) is 2.00. The molecule has 0 unspecified atom stereocenters. The van der Waals surface area contributed by atoms with Crippen molar-refractivity contribution in [3.8, 4) is 0 Å². The standard InChI is InChI=1S/C14H25N3O/c1-11(14(2,3)4)16-12-8-15-17(9-12)10-13-6-5-7-18-13/h8-9,11,13,16H,5-7,10H2,1-4H3/t11-,13+/m1/s1. The minimum absolute atomic E-state index is 0.247. The quantitative estimate of drug-likeness (QED) is 0.894. The molecule has 2 rings (SSSR count). The molecule has 0 bridgehead atoms. The molecule has 1 aromatic rings. The van der Waals surface area contributed by atoms with E-state index >= 15 is 0 Å². The fraction of sp³-hybridized carbons (Fsp3) is 0.786. The number of anilines is 1. The first-order valence-corrected chi connectivity index (χ1v) is 6.86. The zero-order valence-electron chi connectivity index (χ0n) is 11.9. The van der Waals surface area contributed by atoms with Gasteiger partial charge in [0.1, 0.15) is 0 Å². The lowest BCUT2D eigenvalue weighted by Crippen LogP contribution is -2.30. The molecule has 102 valence electrons. The topological polar surface area (TPSA) is 39.1 Å². The third-order valence-corrected chi connectivity index (χ3v) is 3.73. The Labute approximate surface area is 110 Å². The van der Waals surface area contributed by atoms with Crippen molar-refractivity contribution in [2.75, 3.05) is 11.9 Å². The molecule has 1 aromatic heterocycles. The summed E-state index contributed by atoms with van der Waals surface area (Å²) in [6.45, 7) is 10.7. The van der Waals surface area contributed by atoms with E-state index in [-0.39, 0.29) is 5.41 Å². The van der Waals surface area contributed by atoms with Crippen LogP contribution in [0.5, 0.6) is 0 Å². The maximum atomic E-state index is 5.62. The van der Waals surface area contributed by atoms with Gasteiger partial charge in [-0.3, -0.25) is 4.68 Å². The van der Waals surface area contributed by atoms with Crippen LogP contribution in [-0.4, -0.2) is 28.5 Å². The lowest BCUT2D eigenvalue weighted by Gasteiger charge is -2.28. The molecule has 1 aliphatic heterocycles. The second-order valence-corrected chi connectivity index (χ2v) is 6.32. The van der Waals surface area contributed by atoms with Crippen molar-refractivity contribution in [1.29, 1.82) is 0 Å². The average Bonchev–Trinajstić information content (AvgIpc) is 2.89. The van der Waals surface area contributed by atoms with E-state index in [1.807, 2.05) is 10.9 Å². The van der Waals surface area contributed by atoms with Crippen molar-refractivity contribution >= 4 is 5.69 Å². The molecule has 1 aliphatic rings. The molecular formula is C14H25N3O. The van der Waals surface area contributed by atoms with Crippen molar-refractivity contribution in [1.82, 2.24) is 9.78 Å². The van der Waals surface area contributed by atoms with E-state index in [1.165, 1.54) is 6.42 Å². The van der Waals surface area contributed by atoms with Gasteiger partial charge in [-0.25, -0.2) is 0 Å². The average molecular weight is 251 g/mol. The van der Waals surface area contributed by atoms with Crippen LogP contribution >= 0.6 is 0 Å². The minimum Gasteiger partial charge on any atom is -0.380 e. The molecule has 4 heteroatoms. The highest BCUT2D eigenvalue weighted by molar-refractivity contribution is 5.39. The Morgan fingerprint density at radius 3 is 2.94 bits per heavy atom. The number of ether oxygens (including phenoxy) is 1. The number of nitrogens with one attached hydrogen (secondary N) is 1. The predicted octanol–water partition coefficient (Wildman–Crippen LogP) is 2.91. The van der Waals surface area contributed by atoms with Crippen molar-refractivity contribution in [3.63, 3.8) is 0 Å². The molecule has 0 aromatic carbocycles. The second-order valence-electron chi connectivity index (χ2n) is 6.32. The van der Waals surface area contributed by atoms with Gasteiger partial charge in [-0.15, -0.1) is 0 Å². The largest absolute Gasteiger partial charge is 0.380 e. The Morgan fingerprint density at radius 1 is 1.56 bits per heavy atom. The summed E-state index contributed by atoms with van der Waals surface area (Å²) < 4.78 is 7.60. The van der Waals surface area contributed by atoms with Crippen LogP contribution in [0.2, 0.25) is 0 Å². The molecule has 4 nitrogen and oxygen atoms in total. The number of rotatable bonds is 4. The monoisotopic (exact) mass is 251 g/mol. The molecule has 1 fully saturated rings. The highest BCUT2D eigenvalue weighted by atomic mass is 16.5. The first kappa shape index (κ1) is 13.4. The van der Waals surface area contributed by atoms with Crippen molar-refractivity contribution < 1.29 is 4.74 Å². The Morgan fingerprint density at radius 2 is 2.33 bits per heavy atom. The lowest BCUT2D eigenvalue weighted by molar-refractivity contribution is 0.0940. The van der Waals surface area contributed by atoms with Gasteiger partial charge in [0.05, 0.1) is 24.5 Å². The predicted molar refractivity (Wildman–Crippen MR) is 73.7 cm³/mol. The van der Waals surface area contributed by atoms with Gasteiger partial charge in [-0.05, 0) is 25.2 Å². The van der Waals surface area contributed by atoms with Crippen LogP contribution in [-0.2, 0) is 11.3 Å². The van der Waals surface area contributed by atoms with Crippen LogP contribution in [0.3, 0.4) is 0 Å². The van der Waals surface area contributed by atoms with Crippen molar-refractivity contribution in [3.05, 3.63) is 12.4 Å². The normalized spacial score (nSPS) is 22.1.